The summed E-state index contributed by atoms with van der Waals surface area (Å²) in [5.74, 6) is -0.521. The molecular weight excluding hydrogens is 314 g/mol. The molecule has 1 N–H and O–H groups in total. The third-order valence-electron chi connectivity index (χ3n) is 3.52. The van der Waals surface area contributed by atoms with Crippen molar-refractivity contribution in [1.29, 1.82) is 0 Å². The van der Waals surface area contributed by atoms with E-state index in [1.807, 2.05) is 6.07 Å². The number of para-hydroxylation sites is 2. The number of fused-ring (bicyclic) bond motifs is 1. The maximum Gasteiger partial charge on any atom is 0.275 e. The van der Waals surface area contributed by atoms with Crippen LogP contribution in [-0.2, 0) is 9.59 Å². The topological polar surface area (TPSA) is 70.9 Å². The van der Waals surface area contributed by atoms with Crippen LogP contribution in [0.2, 0.25) is 5.02 Å². The van der Waals surface area contributed by atoms with E-state index in [4.69, 9.17) is 11.6 Å². The zero-order valence-electron chi connectivity index (χ0n) is 12.4. The van der Waals surface area contributed by atoms with Crippen LogP contribution < -0.4 is 16.0 Å². The third-order valence-corrected chi connectivity index (χ3v) is 3.75. The fourth-order valence-electron chi connectivity index (χ4n) is 2.36. The Morgan fingerprint density at radius 1 is 1.22 bits per heavy atom. The average Bonchev–Trinajstić information content (AvgIpc) is 2.55. The van der Waals surface area contributed by atoms with Gasteiger partial charge in [-0.3, -0.25) is 14.6 Å². The zero-order chi connectivity index (χ0) is 16.4. The van der Waals surface area contributed by atoms with Gasteiger partial charge in [0.05, 0.1) is 10.7 Å². The lowest BCUT2D eigenvalue weighted by molar-refractivity contribution is -0.119. The molecule has 0 aliphatic carbocycles. The number of hydrogen-bond acceptors (Lipinski definition) is 3. The molecule has 0 bridgehead atoms. The molecule has 0 saturated heterocycles. The van der Waals surface area contributed by atoms with Gasteiger partial charge in [-0.25, -0.2) is 4.99 Å². The summed E-state index contributed by atoms with van der Waals surface area (Å²) >= 11 is 6.06. The number of nitrogens with zero attached hydrogens (tertiary/aromatic N) is 2. The van der Waals surface area contributed by atoms with Crippen molar-refractivity contribution in [3.8, 4) is 0 Å². The molecule has 0 aromatic heterocycles. The molecule has 6 heteroatoms. The van der Waals surface area contributed by atoms with Crippen LogP contribution in [0.3, 0.4) is 0 Å². The number of anilines is 1. The first-order valence-corrected chi connectivity index (χ1v) is 7.61. The molecule has 116 valence electrons. The van der Waals surface area contributed by atoms with Crippen LogP contribution in [-0.4, -0.2) is 11.8 Å². The Bertz CT molecular complexity index is 908. The number of nitrogens with one attached hydrogen (secondary N) is 1. The molecule has 1 aliphatic rings. The van der Waals surface area contributed by atoms with E-state index in [0.29, 0.717) is 33.4 Å². The SMILES string of the molecule is CCC(=O)Nc1ccc(Cl)cc1C1N=c2ccccc2=NC1=O. The van der Waals surface area contributed by atoms with Crippen molar-refractivity contribution in [1.82, 2.24) is 0 Å². The number of hydrogen-bond donors (Lipinski definition) is 1. The summed E-state index contributed by atoms with van der Waals surface area (Å²) in [4.78, 5) is 32.6. The van der Waals surface area contributed by atoms with Crippen molar-refractivity contribution < 1.29 is 9.59 Å². The highest BCUT2D eigenvalue weighted by Crippen LogP contribution is 2.30. The van der Waals surface area contributed by atoms with Gasteiger partial charge in [0.2, 0.25) is 5.91 Å². The van der Waals surface area contributed by atoms with Crippen molar-refractivity contribution >= 4 is 29.1 Å². The quantitative estimate of drug-likeness (QED) is 0.938. The first kappa shape index (κ1) is 15.4. The van der Waals surface area contributed by atoms with E-state index in [1.54, 1.807) is 43.3 Å². The maximum absolute atomic E-state index is 12.4. The molecule has 23 heavy (non-hydrogen) atoms. The number of amides is 2. The Morgan fingerprint density at radius 3 is 2.70 bits per heavy atom. The van der Waals surface area contributed by atoms with Gasteiger partial charge in [-0.05, 0) is 30.3 Å². The van der Waals surface area contributed by atoms with Gasteiger partial charge in [-0.1, -0.05) is 30.7 Å². The molecule has 2 aromatic carbocycles. The minimum absolute atomic E-state index is 0.144. The molecule has 3 rings (SSSR count). The number of rotatable bonds is 3. The van der Waals surface area contributed by atoms with Crippen LogP contribution in [0.15, 0.2) is 52.4 Å². The van der Waals surface area contributed by atoms with E-state index in [0.717, 1.165) is 0 Å². The summed E-state index contributed by atoms with van der Waals surface area (Å²) in [6.07, 6.45) is 0.338. The molecule has 5 nitrogen and oxygen atoms in total. The molecule has 2 aromatic rings. The number of halogens is 1. The van der Waals surface area contributed by atoms with Crippen molar-refractivity contribution in [2.24, 2.45) is 9.98 Å². The van der Waals surface area contributed by atoms with Gasteiger partial charge in [-0.2, -0.15) is 0 Å². The van der Waals surface area contributed by atoms with Crippen LogP contribution in [0.4, 0.5) is 5.69 Å². The normalized spacial score (nSPS) is 16.1. The fourth-order valence-corrected chi connectivity index (χ4v) is 2.54. The molecule has 0 spiro atoms. The van der Waals surface area contributed by atoms with Gasteiger partial charge < -0.3 is 5.32 Å². The maximum atomic E-state index is 12.4. The monoisotopic (exact) mass is 327 g/mol. The van der Waals surface area contributed by atoms with E-state index in [1.165, 1.54) is 0 Å². The van der Waals surface area contributed by atoms with Crippen molar-refractivity contribution in [2.45, 2.75) is 19.4 Å². The molecule has 0 saturated carbocycles. The van der Waals surface area contributed by atoms with E-state index in [9.17, 15) is 9.59 Å². The fraction of sp³-hybridized carbons (Fsp3) is 0.176. The predicted molar refractivity (Wildman–Crippen MR) is 86.9 cm³/mol. The highest BCUT2D eigenvalue weighted by molar-refractivity contribution is 6.30. The Hall–Kier alpha value is -2.53. The summed E-state index contributed by atoms with van der Waals surface area (Å²) in [6.45, 7) is 1.76. The summed E-state index contributed by atoms with van der Waals surface area (Å²) in [7, 11) is 0. The van der Waals surface area contributed by atoms with Gasteiger partial charge in [0.25, 0.3) is 5.91 Å². The first-order chi connectivity index (χ1) is 11.1. The number of carbonyl (C=O) groups is 2. The second-order valence-electron chi connectivity index (χ2n) is 5.10. The van der Waals surface area contributed by atoms with Crippen molar-refractivity contribution in [3.63, 3.8) is 0 Å². The van der Waals surface area contributed by atoms with E-state index in [-0.39, 0.29) is 11.8 Å². The average molecular weight is 328 g/mol. The Labute approximate surface area is 137 Å². The van der Waals surface area contributed by atoms with Gasteiger partial charge in [0.15, 0.2) is 6.04 Å². The molecule has 0 fully saturated rings. The Balaban J connectivity index is 2.11. The molecule has 1 unspecified atom stereocenters. The lowest BCUT2D eigenvalue weighted by Crippen LogP contribution is -2.33. The smallest absolute Gasteiger partial charge is 0.275 e. The van der Waals surface area contributed by atoms with E-state index >= 15 is 0 Å². The summed E-state index contributed by atoms with van der Waals surface area (Å²) in [6, 6.07) is 11.3. The molecule has 1 heterocycles. The summed E-state index contributed by atoms with van der Waals surface area (Å²) in [5.41, 5.74) is 1.07. The number of carbonyl (C=O) groups excluding carboxylic acids is 2. The second kappa shape index (κ2) is 6.30. The molecule has 1 atom stereocenters. The summed E-state index contributed by atoms with van der Waals surface area (Å²) < 4.78 is 0. The van der Waals surface area contributed by atoms with Crippen LogP contribution in [0, 0.1) is 0 Å². The standard InChI is InChI=1S/C17H14ClN3O2/c1-2-15(22)19-12-8-7-10(18)9-11(12)16-17(23)21-14-6-4-3-5-13(14)20-16/h3-9,16H,2H2,1H3,(H,19,22). The van der Waals surface area contributed by atoms with Crippen LogP contribution in [0.5, 0.6) is 0 Å². The lowest BCUT2D eigenvalue weighted by Gasteiger charge is -2.17. The van der Waals surface area contributed by atoms with Crippen LogP contribution in [0.25, 0.3) is 0 Å². The summed E-state index contributed by atoms with van der Waals surface area (Å²) in [5, 5.41) is 4.44. The van der Waals surface area contributed by atoms with Crippen LogP contribution in [0.1, 0.15) is 24.9 Å². The highest BCUT2D eigenvalue weighted by atomic mass is 35.5. The van der Waals surface area contributed by atoms with Crippen molar-refractivity contribution in [2.75, 3.05) is 5.32 Å². The van der Waals surface area contributed by atoms with Gasteiger partial charge in [0, 0.05) is 22.7 Å². The molecule has 2 amide bonds. The Kier molecular flexibility index (Phi) is 4.21. The second-order valence-corrected chi connectivity index (χ2v) is 5.54. The van der Waals surface area contributed by atoms with E-state index < -0.39 is 6.04 Å². The van der Waals surface area contributed by atoms with E-state index in [2.05, 4.69) is 15.3 Å². The molecule has 1 aliphatic heterocycles. The highest BCUT2D eigenvalue weighted by Gasteiger charge is 2.25. The van der Waals surface area contributed by atoms with Gasteiger partial charge >= 0.3 is 0 Å². The van der Waals surface area contributed by atoms with Crippen LogP contribution >= 0.6 is 11.6 Å². The van der Waals surface area contributed by atoms with Gasteiger partial charge in [0.1, 0.15) is 0 Å². The first-order valence-electron chi connectivity index (χ1n) is 7.23. The predicted octanol–water partition coefficient (Wildman–Crippen LogP) is 2.21. The van der Waals surface area contributed by atoms with Gasteiger partial charge in [-0.15, -0.1) is 0 Å². The number of benzene rings is 2. The Morgan fingerprint density at radius 2 is 1.96 bits per heavy atom. The minimum Gasteiger partial charge on any atom is -0.326 e. The molecule has 0 radical (unpaired) electrons. The molecular formula is C17H14ClN3O2. The lowest BCUT2D eigenvalue weighted by atomic mass is 10.0. The largest absolute Gasteiger partial charge is 0.326 e. The third kappa shape index (κ3) is 3.14. The van der Waals surface area contributed by atoms with Crippen molar-refractivity contribution in [3.05, 3.63) is 63.8 Å². The minimum atomic E-state index is -0.809. The zero-order valence-corrected chi connectivity index (χ0v) is 13.2.